The Hall–Kier alpha value is -3.02. The fourth-order valence-electron chi connectivity index (χ4n) is 3.16. The van der Waals surface area contributed by atoms with Gasteiger partial charge in [0, 0.05) is 24.5 Å². The number of nitrogens with one attached hydrogen (secondary N) is 1. The number of anilines is 1. The molecule has 2 aromatic heterocycles. The lowest BCUT2D eigenvalue weighted by Crippen LogP contribution is -2.28. The van der Waals surface area contributed by atoms with Crippen molar-refractivity contribution in [2.75, 3.05) is 5.32 Å². The standard InChI is InChI=1S/C19H17FN4O/c1-13-4-2-3-5-15(13)19(8-9-19)18(25)22-17-7-11-24(23-17)14-6-10-21-16(20)12-14/h2-7,10-12H,8-9H2,1H3,(H,22,23,25). The van der Waals surface area contributed by atoms with E-state index in [2.05, 4.69) is 15.4 Å². The summed E-state index contributed by atoms with van der Waals surface area (Å²) < 4.78 is 14.7. The Bertz CT molecular complexity index is 946. The third-order valence-electron chi connectivity index (χ3n) is 4.65. The van der Waals surface area contributed by atoms with Crippen LogP contribution < -0.4 is 5.32 Å². The van der Waals surface area contributed by atoms with Crippen LogP contribution in [0.3, 0.4) is 0 Å². The first-order valence-corrected chi connectivity index (χ1v) is 8.14. The number of amides is 1. The molecule has 0 aliphatic heterocycles. The normalized spacial score (nSPS) is 15.0. The molecule has 3 aromatic rings. The van der Waals surface area contributed by atoms with Crippen molar-refractivity contribution in [1.29, 1.82) is 0 Å². The van der Waals surface area contributed by atoms with E-state index in [0.29, 0.717) is 11.5 Å². The molecule has 2 heterocycles. The number of carbonyl (C=O) groups excluding carboxylic acids is 1. The summed E-state index contributed by atoms with van der Waals surface area (Å²) in [6, 6.07) is 12.6. The van der Waals surface area contributed by atoms with Crippen LogP contribution in [-0.4, -0.2) is 20.7 Å². The van der Waals surface area contributed by atoms with Gasteiger partial charge in [0.05, 0.1) is 11.1 Å². The number of aromatic nitrogens is 3. The molecule has 0 unspecified atom stereocenters. The fourth-order valence-corrected chi connectivity index (χ4v) is 3.16. The molecule has 0 spiro atoms. The molecule has 0 saturated heterocycles. The van der Waals surface area contributed by atoms with E-state index >= 15 is 0 Å². The zero-order valence-electron chi connectivity index (χ0n) is 13.7. The van der Waals surface area contributed by atoms with Gasteiger partial charge in [-0.05, 0) is 37.0 Å². The highest BCUT2D eigenvalue weighted by Gasteiger charge is 2.52. The van der Waals surface area contributed by atoms with E-state index < -0.39 is 11.4 Å². The molecule has 0 radical (unpaired) electrons. The molecule has 1 fully saturated rings. The Morgan fingerprint density at radius 3 is 2.76 bits per heavy atom. The van der Waals surface area contributed by atoms with Crippen molar-refractivity contribution in [2.24, 2.45) is 0 Å². The minimum Gasteiger partial charge on any atom is -0.308 e. The van der Waals surface area contributed by atoms with E-state index in [0.717, 1.165) is 24.0 Å². The van der Waals surface area contributed by atoms with Gasteiger partial charge < -0.3 is 5.32 Å². The predicted octanol–water partition coefficient (Wildman–Crippen LogP) is 3.39. The smallest absolute Gasteiger partial charge is 0.236 e. The van der Waals surface area contributed by atoms with E-state index in [1.54, 1.807) is 18.3 Å². The Morgan fingerprint density at radius 1 is 1.24 bits per heavy atom. The summed E-state index contributed by atoms with van der Waals surface area (Å²) in [4.78, 5) is 16.3. The van der Waals surface area contributed by atoms with E-state index in [1.165, 1.54) is 16.9 Å². The van der Waals surface area contributed by atoms with Gasteiger partial charge in [0.25, 0.3) is 0 Å². The van der Waals surface area contributed by atoms with Crippen LogP contribution in [0.15, 0.2) is 54.9 Å². The molecule has 6 heteroatoms. The number of halogens is 1. The maximum atomic E-state index is 13.2. The molecular formula is C19H17FN4O. The zero-order chi connectivity index (χ0) is 17.4. The quantitative estimate of drug-likeness (QED) is 0.743. The Kier molecular flexibility index (Phi) is 3.60. The number of pyridine rings is 1. The number of hydrogen-bond acceptors (Lipinski definition) is 3. The molecule has 4 rings (SSSR count). The summed E-state index contributed by atoms with van der Waals surface area (Å²) in [6.07, 6.45) is 4.72. The molecule has 126 valence electrons. The van der Waals surface area contributed by atoms with Gasteiger partial charge in [0.15, 0.2) is 5.82 Å². The van der Waals surface area contributed by atoms with E-state index in [4.69, 9.17) is 0 Å². The average molecular weight is 336 g/mol. The van der Waals surface area contributed by atoms with E-state index in [1.807, 2.05) is 31.2 Å². The lowest BCUT2D eigenvalue weighted by atomic mass is 9.91. The molecule has 5 nitrogen and oxygen atoms in total. The van der Waals surface area contributed by atoms with Crippen molar-refractivity contribution in [3.63, 3.8) is 0 Å². The molecule has 25 heavy (non-hydrogen) atoms. The highest BCUT2D eigenvalue weighted by Crippen LogP contribution is 2.50. The third-order valence-corrected chi connectivity index (χ3v) is 4.65. The van der Waals surface area contributed by atoms with Crippen LogP contribution in [0, 0.1) is 12.9 Å². The van der Waals surface area contributed by atoms with Crippen LogP contribution in [0.1, 0.15) is 24.0 Å². The van der Waals surface area contributed by atoms with E-state index in [9.17, 15) is 9.18 Å². The summed E-state index contributed by atoms with van der Waals surface area (Å²) in [5, 5.41) is 7.20. The van der Waals surface area contributed by atoms with Crippen LogP contribution in [0.2, 0.25) is 0 Å². The number of carbonyl (C=O) groups is 1. The van der Waals surface area contributed by atoms with Gasteiger partial charge in [-0.3, -0.25) is 4.79 Å². The highest BCUT2D eigenvalue weighted by molar-refractivity contribution is 6.01. The number of rotatable bonds is 4. The maximum Gasteiger partial charge on any atom is 0.236 e. The molecule has 1 saturated carbocycles. The van der Waals surface area contributed by atoms with Gasteiger partial charge in [-0.15, -0.1) is 0 Å². The van der Waals surface area contributed by atoms with Crippen LogP contribution in [-0.2, 0) is 10.2 Å². The lowest BCUT2D eigenvalue weighted by Gasteiger charge is -2.17. The maximum absolute atomic E-state index is 13.2. The van der Waals surface area contributed by atoms with Crippen LogP contribution in [0.25, 0.3) is 5.69 Å². The zero-order valence-corrected chi connectivity index (χ0v) is 13.7. The number of hydrogen-bond donors (Lipinski definition) is 1. The van der Waals surface area contributed by atoms with Gasteiger partial charge in [-0.2, -0.15) is 9.49 Å². The molecule has 1 aromatic carbocycles. The average Bonchev–Trinajstić information content (AvgIpc) is 3.28. The predicted molar refractivity (Wildman–Crippen MR) is 92.0 cm³/mol. The van der Waals surface area contributed by atoms with Gasteiger partial charge in [-0.25, -0.2) is 9.67 Å². The topological polar surface area (TPSA) is 59.8 Å². The summed E-state index contributed by atoms with van der Waals surface area (Å²) in [6.45, 7) is 2.02. The van der Waals surface area contributed by atoms with Crippen molar-refractivity contribution in [3.05, 3.63) is 71.9 Å². The minimum atomic E-state index is -0.574. The molecule has 0 bridgehead atoms. The first-order chi connectivity index (χ1) is 12.1. The summed E-state index contributed by atoms with van der Waals surface area (Å²) in [5.74, 6) is -0.176. The van der Waals surface area contributed by atoms with Crippen molar-refractivity contribution < 1.29 is 9.18 Å². The monoisotopic (exact) mass is 336 g/mol. The van der Waals surface area contributed by atoms with Gasteiger partial charge in [-0.1, -0.05) is 24.3 Å². The van der Waals surface area contributed by atoms with Crippen LogP contribution >= 0.6 is 0 Å². The second-order valence-electron chi connectivity index (χ2n) is 6.33. The first kappa shape index (κ1) is 15.5. The fraction of sp³-hybridized carbons (Fsp3) is 0.211. The van der Waals surface area contributed by atoms with Crippen LogP contribution in [0.5, 0.6) is 0 Å². The number of benzene rings is 1. The molecule has 1 aliphatic carbocycles. The Balaban J connectivity index is 1.55. The Labute approximate surface area is 144 Å². The highest BCUT2D eigenvalue weighted by atomic mass is 19.1. The third kappa shape index (κ3) is 2.80. The second-order valence-corrected chi connectivity index (χ2v) is 6.33. The second kappa shape index (κ2) is 5.81. The molecule has 1 amide bonds. The molecular weight excluding hydrogens is 319 g/mol. The molecule has 1 aliphatic rings. The van der Waals surface area contributed by atoms with Crippen molar-refractivity contribution >= 4 is 11.7 Å². The first-order valence-electron chi connectivity index (χ1n) is 8.14. The van der Waals surface area contributed by atoms with Crippen LogP contribution in [0.4, 0.5) is 10.2 Å². The van der Waals surface area contributed by atoms with Gasteiger partial charge >= 0.3 is 0 Å². The summed E-state index contributed by atoms with van der Waals surface area (Å²) in [7, 11) is 0. The van der Waals surface area contributed by atoms with E-state index in [-0.39, 0.29) is 5.91 Å². The molecule has 0 atom stereocenters. The van der Waals surface area contributed by atoms with Crippen molar-refractivity contribution in [3.8, 4) is 5.69 Å². The minimum absolute atomic E-state index is 0.0482. The molecule has 1 N–H and O–H groups in total. The van der Waals surface area contributed by atoms with Crippen molar-refractivity contribution in [2.45, 2.75) is 25.2 Å². The SMILES string of the molecule is Cc1ccccc1C1(C(=O)Nc2ccn(-c3ccnc(F)c3)n2)CC1. The summed E-state index contributed by atoms with van der Waals surface area (Å²) in [5.41, 5.74) is 2.28. The van der Waals surface area contributed by atoms with Gasteiger partial charge in [0.1, 0.15) is 0 Å². The lowest BCUT2D eigenvalue weighted by molar-refractivity contribution is -0.118. The van der Waals surface area contributed by atoms with Crippen molar-refractivity contribution in [1.82, 2.24) is 14.8 Å². The number of nitrogens with zero attached hydrogens (tertiary/aromatic N) is 3. The summed E-state index contributed by atoms with van der Waals surface area (Å²) >= 11 is 0. The Morgan fingerprint density at radius 2 is 2.04 bits per heavy atom. The largest absolute Gasteiger partial charge is 0.308 e. The van der Waals surface area contributed by atoms with Gasteiger partial charge in [0.2, 0.25) is 11.9 Å². The number of aryl methyl sites for hydroxylation is 1.